The van der Waals surface area contributed by atoms with Gasteiger partial charge in [0.15, 0.2) is 0 Å². The van der Waals surface area contributed by atoms with Crippen LogP contribution in [0.15, 0.2) is 72.8 Å². The number of halogens is 2. The second-order valence-electron chi connectivity index (χ2n) is 14.1. The lowest BCUT2D eigenvalue weighted by Gasteiger charge is -2.34. The van der Waals surface area contributed by atoms with Crippen molar-refractivity contribution >= 4 is 50.9 Å². The van der Waals surface area contributed by atoms with E-state index in [1.54, 1.807) is 24.3 Å². The Morgan fingerprint density at radius 2 is 1.94 bits per heavy atom. The van der Waals surface area contributed by atoms with Crippen LogP contribution in [0.4, 0.5) is 15.9 Å². The summed E-state index contributed by atoms with van der Waals surface area (Å²) in [7, 11) is 0. The molecule has 10 nitrogen and oxygen atoms in total. The number of nitrogens with zero attached hydrogens (tertiary/aromatic N) is 5. The van der Waals surface area contributed by atoms with Crippen LogP contribution in [-0.2, 0) is 17.9 Å². The van der Waals surface area contributed by atoms with Crippen molar-refractivity contribution in [2.45, 2.75) is 57.8 Å². The average molecular weight is 706 g/mol. The summed E-state index contributed by atoms with van der Waals surface area (Å²) in [6.45, 7) is 5.36. The van der Waals surface area contributed by atoms with E-state index in [9.17, 15) is 9.18 Å². The molecule has 0 bridgehead atoms. The third-order valence-corrected chi connectivity index (χ3v) is 11.1. The van der Waals surface area contributed by atoms with E-state index in [0.717, 1.165) is 91.2 Å². The highest BCUT2D eigenvalue weighted by Crippen LogP contribution is 2.65. The first-order chi connectivity index (χ1) is 24.8. The quantitative estimate of drug-likeness (QED) is 0.158. The molecule has 260 valence electrons. The zero-order chi connectivity index (χ0) is 34.7. The SMILES string of the molecule is Cc1[nH]nc2ccc(C(=O)Nc3ccc4c(c3)nc(C3CC35CCN(c3cccc(OCc6ccc(Cl)cc6F)n3)CC5)n4CC3CCO3)cc12. The fraction of sp³-hybridized carbons (Fsp3) is 0.333. The highest BCUT2D eigenvalue weighted by Gasteiger charge is 2.57. The number of aromatic nitrogens is 5. The number of rotatable bonds is 9. The minimum atomic E-state index is -0.394. The van der Waals surface area contributed by atoms with Crippen LogP contribution in [0.5, 0.6) is 5.88 Å². The van der Waals surface area contributed by atoms with Gasteiger partial charge in [0, 0.05) is 64.6 Å². The first-order valence-corrected chi connectivity index (χ1v) is 17.9. The number of ether oxygens (including phenoxy) is 2. The van der Waals surface area contributed by atoms with Gasteiger partial charge in [-0.15, -0.1) is 0 Å². The topological polar surface area (TPSA) is 110 Å². The van der Waals surface area contributed by atoms with Crippen molar-refractivity contribution < 1.29 is 18.7 Å². The van der Waals surface area contributed by atoms with Crippen molar-refractivity contribution in [3.05, 3.63) is 106 Å². The molecule has 2 aliphatic heterocycles. The van der Waals surface area contributed by atoms with Crippen LogP contribution in [0.3, 0.4) is 0 Å². The van der Waals surface area contributed by atoms with Gasteiger partial charge in [-0.1, -0.05) is 23.7 Å². The molecule has 3 fully saturated rings. The summed E-state index contributed by atoms with van der Waals surface area (Å²) in [5, 5.41) is 11.6. The van der Waals surface area contributed by atoms with Crippen molar-refractivity contribution in [3.8, 4) is 5.88 Å². The molecule has 3 aromatic heterocycles. The monoisotopic (exact) mass is 705 g/mol. The van der Waals surface area contributed by atoms with Crippen LogP contribution in [0, 0.1) is 18.2 Å². The predicted molar refractivity (Wildman–Crippen MR) is 194 cm³/mol. The average Bonchev–Trinajstić information content (AvgIpc) is 3.48. The van der Waals surface area contributed by atoms with Gasteiger partial charge in [-0.05, 0) is 92.6 Å². The Morgan fingerprint density at radius 1 is 1.08 bits per heavy atom. The summed E-state index contributed by atoms with van der Waals surface area (Å²) in [6.07, 6.45) is 4.40. The van der Waals surface area contributed by atoms with Crippen LogP contribution in [0.25, 0.3) is 21.9 Å². The zero-order valence-corrected chi connectivity index (χ0v) is 28.9. The van der Waals surface area contributed by atoms with E-state index >= 15 is 0 Å². The van der Waals surface area contributed by atoms with Crippen molar-refractivity contribution in [3.63, 3.8) is 0 Å². The molecule has 2 unspecified atom stereocenters. The fourth-order valence-electron chi connectivity index (χ4n) is 7.70. The number of nitrogens with one attached hydrogen (secondary N) is 2. The summed E-state index contributed by atoms with van der Waals surface area (Å²) in [6, 6.07) is 21.9. The molecule has 5 heterocycles. The van der Waals surface area contributed by atoms with Gasteiger partial charge in [-0.25, -0.2) is 9.37 Å². The van der Waals surface area contributed by atoms with Gasteiger partial charge < -0.3 is 24.3 Å². The Balaban J connectivity index is 0.898. The standard InChI is InChI=1S/C39H37ClFN7O3/c1-23-29-17-24(6-9-32(29)46-45-23)38(49)42-27-8-10-34-33(19-27)43-37(48(34)21-28-11-16-50-28)30-20-39(30)12-14-47(15-13-39)35-3-2-4-36(44-35)51-22-25-5-7-26(40)18-31(25)41/h2-10,17-19,28,30H,11-16,20-22H2,1H3,(H,42,49)(H,45,46). The number of carbonyl (C=O) groups is 1. The number of benzene rings is 3. The van der Waals surface area contributed by atoms with Gasteiger partial charge >= 0.3 is 0 Å². The van der Waals surface area contributed by atoms with E-state index in [-0.39, 0.29) is 24.0 Å². The fourth-order valence-corrected chi connectivity index (χ4v) is 7.86. The molecule has 6 aromatic rings. The number of H-pyrrole nitrogens is 1. The molecule has 1 spiro atoms. The van der Waals surface area contributed by atoms with Gasteiger partial charge in [-0.2, -0.15) is 10.1 Å². The number of pyridine rings is 1. The maximum absolute atomic E-state index is 14.3. The van der Waals surface area contributed by atoms with Crippen molar-refractivity contribution in [2.24, 2.45) is 5.41 Å². The molecule has 1 amide bonds. The number of imidazole rings is 1. The Bertz CT molecular complexity index is 2290. The van der Waals surface area contributed by atoms with Crippen LogP contribution in [0.1, 0.15) is 59.0 Å². The summed E-state index contributed by atoms with van der Waals surface area (Å²) in [5.74, 6) is 2.22. The smallest absolute Gasteiger partial charge is 0.255 e. The number of carbonyl (C=O) groups excluding carboxylic acids is 1. The molecule has 0 radical (unpaired) electrons. The Hall–Kier alpha value is -5.00. The third kappa shape index (κ3) is 6.08. The second kappa shape index (κ2) is 12.6. The van der Waals surface area contributed by atoms with Gasteiger partial charge in [0.25, 0.3) is 5.91 Å². The highest BCUT2D eigenvalue weighted by atomic mass is 35.5. The second-order valence-corrected chi connectivity index (χ2v) is 14.5. The van der Waals surface area contributed by atoms with E-state index in [0.29, 0.717) is 33.6 Å². The maximum Gasteiger partial charge on any atom is 0.255 e. The van der Waals surface area contributed by atoms with Crippen LogP contribution >= 0.6 is 11.6 Å². The van der Waals surface area contributed by atoms with Gasteiger partial charge in [0.2, 0.25) is 5.88 Å². The molecule has 12 heteroatoms. The summed E-state index contributed by atoms with van der Waals surface area (Å²) < 4.78 is 28.4. The van der Waals surface area contributed by atoms with E-state index in [4.69, 9.17) is 31.0 Å². The summed E-state index contributed by atoms with van der Waals surface area (Å²) >= 11 is 5.89. The first-order valence-electron chi connectivity index (χ1n) is 17.5. The molecule has 9 rings (SSSR count). The molecule has 2 saturated heterocycles. The lowest BCUT2D eigenvalue weighted by molar-refractivity contribution is -0.0590. The van der Waals surface area contributed by atoms with Gasteiger partial charge in [-0.3, -0.25) is 9.89 Å². The number of aromatic amines is 1. The Morgan fingerprint density at radius 3 is 2.75 bits per heavy atom. The normalized spacial score (nSPS) is 19.4. The first kappa shape index (κ1) is 31.9. The van der Waals surface area contributed by atoms with E-state index < -0.39 is 5.82 Å². The van der Waals surface area contributed by atoms with E-state index in [1.165, 1.54) is 6.07 Å². The van der Waals surface area contributed by atoms with Crippen LogP contribution < -0.4 is 15.0 Å². The summed E-state index contributed by atoms with van der Waals surface area (Å²) in [4.78, 5) is 25.5. The lowest BCUT2D eigenvalue weighted by atomic mass is 9.90. The molecular formula is C39H37ClFN7O3. The number of piperidine rings is 1. The van der Waals surface area contributed by atoms with Crippen LogP contribution in [-0.4, -0.2) is 56.4 Å². The van der Waals surface area contributed by atoms with E-state index in [1.807, 2.05) is 43.3 Å². The van der Waals surface area contributed by atoms with Gasteiger partial charge in [0.05, 0.1) is 29.2 Å². The molecule has 2 N–H and O–H groups in total. The Kier molecular flexibility index (Phi) is 7.92. The number of aryl methyl sites for hydroxylation is 1. The van der Waals surface area contributed by atoms with Crippen molar-refractivity contribution in [2.75, 3.05) is 29.9 Å². The molecule has 2 atom stereocenters. The van der Waals surface area contributed by atoms with Crippen LogP contribution in [0.2, 0.25) is 5.02 Å². The molecule has 3 aromatic carbocycles. The summed E-state index contributed by atoms with van der Waals surface area (Å²) in [5.41, 5.74) is 5.62. The third-order valence-electron chi connectivity index (χ3n) is 10.9. The zero-order valence-electron chi connectivity index (χ0n) is 28.2. The number of hydrogen-bond donors (Lipinski definition) is 2. The maximum atomic E-state index is 14.3. The number of amides is 1. The van der Waals surface area contributed by atoms with Crippen molar-refractivity contribution in [1.82, 2.24) is 24.7 Å². The van der Waals surface area contributed by atoms with E-state index in [2.05, 4.69) is 31.0 Å². The number of fused-ring (bicyclic) bond motifs is 2. The largest absolute Gasteiger partial charge is 0.473 e. The molecule has 1 saturated carbocycles. The van der Waals surface area contributed by atoms with Gasteiger partial charge in [0.1, 0.15) is 24.1 Å². The highest BCUT2D eigenvalue weighted by molar-refractivity contribution is 6.30. The van der Waals surface area contributed by atoms with Crippen molar-refractivity contribution in [1.29, 1.82) is 0 Å². The lowest BCUT2D eigenvalue weighted by Crippen LogP contribution is -2.36. The molecule has 3 aliphatic rings. The minimum absolute atomic E-state index is 0.0764. The molecular weight excluding hydrogens is 669 g/mol. The number of anilines is 2. The minimum Gasteiger partial charge on any atom is -0.473 e. The Labute approximate surface area is 298 Å². The predicted octanol–water partition coefficient (Wildman–Crippen LogP) is 7.80. The molecule has 1 aliphatic carbocycles. The number of hydrogen-bond acceptors (Lipinski definition) is 7. The molecule has 51 heavy (non-hydrogen) atoms.